The molecular formula is C15H25N3OS. The minimum Gasteiger partial charge on any atom is -0.375 e. The van der Waals surface area contributed by atoms with Crippen molar-refractivity contribution in [3.8, 4) is 0 Å². The molecule has 2 rings (SSSR count). The van der Waals surface area contributed by atoms with Crippen molar-refractivity contribution < 1.29 is 4.79 Å². The predicted molar refractivity (Wildman–Crippen MR) is 83.6 cm³/mol. The second kappa shape index (κ2) is 5.35. The summed E-state index contributed by atoms with van der Waals surface area (Å²) >= 11 is 1.38. The quantitative estimate of drug-likeness (QED) is 0.900. The van der Waals surface area contributed by atoms with E-state index in [0.717, 1.165) is 18.5 Å². The number of nitrogen functional groups attached to an aromatic ring is 1. The van der Waals surface area contributed by atoms with Gasteiger partial charge in [0, 0.05) is 11.4 Å². The van der Waals surface area contributed by atoms with E-state index in [4.69, 9.17) is 5.73 Å². The van der Waals surface area contributed by atoms with Gasteiger partial charge in [0.2, 0.25) is 5.91 Å². The minimum atomic E-state index is 0.0498. The van der Waals surface area contributed by atoms with Crippen molar-refractivity contribution >= 4 is 22.4 Å². The van der Waals surface area contributed by atoms with E-state index in [0.29, 0.717) is 11.6 Å². The number of hydrogen-bond donors (Lipinski definition) is 2. The molecule has 3 N–H and O–H groups in total. The fraction of sp³-hybridized carbons (Fsp3) is 0.733. The van der Waals surface area contributed by atoms with Crippen LogP contribution in [0.1, 0.15) is 52.7 Å². The summed E-state index contributed by atoms with van der Waals surface area (Å²) in [5.74, 6) is 0.0498. The fourth-order valence-corrected chi connectivity index (χ4v) is 4.36. The van der Waals surface area contributed by atoms with Gasteiger partial charge in [0.15, 0.2) is 5.13 Å². The van der Waals surface area contributed by atoms with Gasteiger partial charge < -0.3 is 11.1 Å². The highest BCUT2D eigenvalue weighted by atomic mass is 32.1. The maximum atomic E-state index is 12.1. The van der Waals surface area contributed by atoms with Crippen molar-refractivity contribution in [2.24, 2.45) is 10.8 Å². The number of nitrogens with one attached hydrogen (secondary N) is 1. The second-order valence-corrected chi connectivity index (χ2v) is 8.42. The fourth-order valence-electron chi connectivity index (χ4n) is 3.80. The SMILES string of the molecule is CC1(C)CC(NC(=O)Cc2csc(N)n2)CC(C)(C)C1. The number of rotatable bonds is 3. The summed E-state index contributed by atoms with van der Waals surface area (Å²) in [6.07, 6.45) is 3.61. The molecule has 112 valence electrons. The Balaban J connectivity index is 1.93. The van der Waals surface area contributed by atoms with E-state index >= 15 is 0 Å². The summed E-state index contributed by atoms with van der Waals surface area (Å²) in [6, 6.07) is 0.261. The first-order valence-corrected chi connectivity index (χ1v) is 8.02. The average Bonchev–Trinajstić information content (AvgIpc) is 2.58. The van der Waals surface area contributed by atoms with Crippen LogP contribution in [0.5, 0.6) is 0 Å². The molecular weight excluding hydrogens is 270 g/mol. The number of amides is 1. The van der Waals surface area contributed by atoms with Crippen LogP contribution >= 0.6 is 11.3 Å². The second-order valence-electron chi connectivity index (χ2n) is 7.53. The highest BCUT2D eigenvalue weighted by molar-refractivity contribution is 7.13. The molecule has 0 aromatic carbocycles. The standard InChI is InChI=1S/C15H25N3OS/c1-14(2)6-11(7-15(3,4)9-14)17-12(19)5-10-8-20-13(16)18-10/h8,11H,5-7,9H2,1-4H3,(H2,16,18)(H,17,19). The summed E-state index contributed by atoms with van der Waals surface area (Å²) in [5, 5.41) is 5.54. The zero-order valence-electron chi connectivity index (χ0n) is 12.8. The number of carbonyl (C=O) groups excluding carboxylic acids is 1. The molecule has 1 amide bonds. The monoisotopic (exact) mass is 295 g/mol. The molecule has 5 heteroatoms. The Hall–Kier alpha value is -1.10. The molecule has 1 heterocycles. The number of carbonyl (C=O) groups is 1. The molecule has 1 aromatic rings. The van der Waals surface area contributed by atoms with Crippen LogP contribution in [-0.4, -0.2) is 16.9 Å². The van der Waals surface area contributed by atoms with Crippen molar-refractivity contribution in [2.45, 2.75) is 59.4 Å². The van der Waals surface area contributed by atoms with Gasteiger partial charge in [-0.15, -0.1) is 11.3 Å². The van der Waals surface area contributed by atoms with E-state index in [1.807, 2.05) is 5.38 Å². The number of aromatic nitrogens is 1. The highest BCUT2D eigenvalue weighted by Gasteiger charge is 2.38. The van der Waals surface area contributed by atoms with Gasteiger partial charge in [0.1, 0.15) is 0 Å². The molecule has 4 nitrogen and oxygen atoms in total. The van der Waals surface area contributed by atoms with Crippen LogP contribution in [0.3, 0.4) is 0 Å². The van der Waals surface area contributed by atoms with E-state index in [1.165, 1.54) is 17.8 Å². The van der Waals surface area contributed by atoms with Crippen LogP contribution in [0.15, 0.2) is 5.38 Å². The van der Waals surface area contributed by atoms with Gasteiger partial charge in [0.05, 0.1) is 12.1 Å². The van der Waals surface area contributed by atoms with Gasteiger partial charge >= 0.3 is 0 Å². The number of anilines is 1. The third kappa shape index (κ3) is 4.20. The predicted octanol–water partition coefficient (Wildman–Crippen LogP) is 2.99. The molecule has 1 saturated carbocycles. The van der Waals surface area contributed by atoms with Crippen LogP contribution in [0.2, 0.25) is 0 Å². The summed E-state index contributed by atoms with van der Waals surface area (Å²) in [7, 11) is 0. The Morgan fingerprint density at radius 3 is 2.50 bits per heavy atom. The first-order valence-electron chi connectivity index (χ1n) is 7.15. The largest absolute Gasteiger partial charge is 0.375 e. The van der Waals surface area contributed by atoms with E-state index < -0.39 is 0 Å². The molecule has 0 atom stereocenters. The zero-order valence-corrected chi connectivity index (χ0v) is 13.6. The summed E-state index contributed by atoms with van der Waals surface area (Å²) in [4.78, 5) is 16.3. The average molecular weight is 295 g/mol. The first kappa shape index (κ1) is 15.3. The minimum absolute atomic E-state index is 0.0498. The third-order valence-corrected chi connectivity index (χ3v) is 4.55. The number of nitrogens with two attached hydrogens (primary N) is 1. The van der Waals surface area contributed by atoms with Gasteiger partial charge in [-0.25, -0.2) is 4.98 Å². The highest BCUT2D eigenvalue weighted by Crippen LogP contribution is 2.45. The molecule has 1 fully saturated rings. The van der Waals surface area contributed by atoms with E-state index in [9.17, 15) is 4.79 Å². The molecule has 0 radical (unpaired) electrons. The maximum absolute atomic E-state index is 12.1. The molecule has 0 aliphatic heterocycles. The van der Waals surface area contributed by atoms with Crippen LogP contribution in [-0.2, 0) is 11.2 Å². The lowest BCUT2D eigenvalue weighted by Crippen LogP contribution is -2.46. The number of thiazole rings is 1. The topological polar surface area (TPSA) is 68.0 Å². The summed E-state index contributed by atoms with van der Waals surface area (Å²) in [6.45, 7) is 9.14. The molecule has 1 aliphatic rings. The van der Waals surface area contributed by atoms with Crippen LogP contribution in [0.4, 0.5) is 5.13 Å². The van der Waals surface area contributed by atoms with Crippen molar-refractivity contribution in [2.75, 3.05) is 5.73 Å². The van der Waals surface area contributed by atoms with Crippen LogP contribution < -0.4 is 11.1 Å². The van der Waals surface area contributed by atoms with Gasteiger partial charge in [-0.2, -0.15) is 0 Å². The smallest absolute Gasteiger partial charge is 0.226 e. The van der Waals surface area contributed by atoms with Gasteiger partial charge in [-0.1, -0.05) is 27.7 Å². The summed E-state index contributed by atoms with van der Waals surface area (Å²) < 4.78 is 0. The van der Waals surface area contributed by atoms with Crippen molar-refractivity contribution in [3.63, 3.8) is 0 Å². The van der Waals surface area contributed by atoms with Crippen molar-refractivity contribution in [1.29, 1.82) is 0 Å². The van der Waals surface area contributed by atoms with Gasteiger partial charge in [0.25, 0.3) is 0 Å². The van der Waals surface area contributed by atoms with Gasteiger partial charge in [-0.3, -0.25) is 4.79 Å². The third-order valence-electron chi connectivity index (χ3n) is 3.83. The molecule has 0 unspecified atom stereocenters. The lowest BCUT2D eigenvalue weighted by molar-refractivity contribution is -0.122. The summed E-state index contributed by atoms with van der Waals surface area (Å²) in [5.41, 5.74) is 6.91. The Kier molecular flexibility index (Phi) is 4.09. The molecule has 20 heavy (non-hydrogen) atoms. The van der Waals surface area contributed by atoms with Crippen molar-refractivity contribution in [1.82, 2.24) is 10.3 Å². The molecule has 0 bridgehead atoms. The van der Waals surface area contributed by atoms with Crippen molar-refractivity contribution in [3.05, 3.63) is 11.1 Å². The Bertz CT molecular complexity index is 477. The van der Waals surface area contributed by atoms with Crippen LogP contribution in [0, 0.1) is 10.8 Å². The maximum Gasteiger partial charge on any atom is 0.226 e. The normalized spacial score (nSPS) is 21.6. The zero-order chi connectivity index (χ0) is 15.0. The Labute approximate surface area is 125 Å². The van der Waals surface area contributed by atoms with Crippen LogP contribution in [0.25, 0.3) is 0 Å². The molecule has 1 aliphatic carbocycles. The van der Waals surface area contributed by atoms with E-state index in [2.05, 4.69) is 38.0 Å². The molecule has 1 aromatic heterocycles. The molecule has 0 saturated heterocycles. The lowest BCUT2D eigenvalue weighted by atomic mass is 9.63. The number of nitrogens with zero attached hydrogens (tertiary/aromatic N) is 1. The van der Waals surface area contributed by atoms with E-state index in [-0.39, 0.29) is 22.8 Å². The molecule has 0 spiro atoms. The lowest BCUT2D eigenvalue weighted by Gasteiger charge is -2.45. The Morgan fingerprint density at radius 2 is 2.00 bits per heavy atom. The number of hydrogen-bond acceptors (Lipinski definition) is 4. The first-order chi connectivity index (χ1) is 9.15. The van der Waals surface area contributed by atoms with E-state index in [1.54, 1.807) is 0 Å². The van der Waals surface area contributed by atoms with Gasteiger partial charge in [-0.05, 0) is 30.1 Å². The Morgan fingerprint density at radius 1 is 1.40 bits per heavy atom.